The van der Waals surface area contributed by atoms with Crippen molar-refractivity contribution in [3.63, 3.8) is 0 Å². The number of likely N-dealkylation sites (tertiary alicyclic amines) is 1. The Hall–Kier alpha value is -2.33. The Kier molecular flexibility index (Phi) is 7.85. The van der Waals surface area contributed by atoms with E-state index in [9.17, 15) is 14.3 Å². The van der Waals surface area contributed by atoms with Crippen molar-refractivity contribution >= 4 is 11.6 Å². The van der Waals surface area contributed by atoms with Crippen molar-refractivity contribution < 1.29 is 18.7 Å². The zero-order valence-electron chi connectivity index (χ0n) is 18.4. The van der Waals surface area contributed by atoms with E-state index >= 15 is 0 Å². The van der Waals surface area contributed by atoms with Crippen LogP contribution in [0.5, 0.6) is 0 Å². The summed E-state index contributed by atoms with van der Waals surface area (Å²) in [4.78, 5) is 23.5. The van der Waals surface area contributed by atoms with Crippen LogP contribution in [0.15, 0.2) is 34.9 Å². The summed E-state index contributed by atoms with van der Waals surface area (Å²) in [6.07, 6.45) is 4.82. The number of aromatic nitrogens is 1. The van der Waals surface area contributed by atoms with Crippen molar-refractivity contribution in [1.82, 2.24) is 19.7 Å². The van der Waals surface area contributed by atoms with Gasteiger partial charge >= 0.3 is 0 Å². The first-order valence-corrected chi connectivity index (χ1v) is 11.4. The summed E-state index contributed by atoms with van der Waals surface area (Å²) in [5.41, 5.74) is 0.698. The summed E-state index contributed by atoms with van der Waals surface area (Å²) >= 11 is 0. The molecule has 0 saturated carbocycles. The molecular weight excluding hydrogens is 413 g/mol. The van der Waals surface area contributed by atoms with Crippen molar-refractivity contribution in [3.8, 4) is 0 Å². The quantitative estimate of drug-likeness (QED) is 0.643. The Labute approximate surface area is 188 Å². The normalized spacial score (nSPS) is 19.7. The maximum atomic E-state index is 13.0. The highest BCUT2D eigenvalue weighted by molar-refractivity contribution is 6.02. The molecule has 0 bridgehead atoms. The van der Waals surface area contributed by atoms with Gasteiger partial charge in [-0.15, -0.1) is 0 Å². The molecule has 2 saturated heterocycles. The number of anilines is 1. The average molecular weight is 446 g/mol. The lowest BCUT2D eigenvalue weighted by Crippen LogP contribution is -2.50. The third-order valence-corrected chi connectivity index (χ3v) is 6.10. The van der Waals surface area contributed by atoms with E-state index in [0.717, 1.165) is 45.8 Å². The summed E-state index contributed by atoms with van der Waals surface area (Å²) in [5.74, 6) is -0.254. The predicted molar refractivity (Wildman–Crippen MR) is 119 cm³/mol. The molecule has 1 atom stereocenters. The number of aliphatic hydroxyl groups is 1. The lowest BCUT2D eigenvalue weighted by Gasteiger charge is -2.36. The number of nitrogens with zero attached hydrogens (tertiary/aromatic N) is 4. The minimum Gasteiger partial charge on any atom is -0.447 e. The number of hydrogen-bond acceptors (Lipinski definition) is 7. The Balaban J connectivity index is 1.18. The number of nitrogens with one attached hydrogen (secondary N) is 1. The number of benzene rings is 1. The molecule has 1 unspecified atom stereocenters. The minimum absolute atomic E-state index is 0.198. The van der Waals surface area contributed by atoms with E-state index in [4.69, 9.17) is 4.42 Å². The number of halogens is 1. The number of piperidine rings is 1. The Bertz CT molecular complexity index is 861. The van der Waals surface area contributed by atoms with Crippen LogP contribution < -0.4 is 5.32 Å². The van der Waals surface area contributed by atoms with E-state index in [2.05, 4.69) is 25.0 Å². The molecule has 0 spiro atoms. The van der Waals surface area contributed by atoms with E-state index in [0.29, 0.717) is 24.7 Å². The molecule has 2 aliphatic rings. The highest BCUT2D eigenvalue weighted by Crippen LogP contribution is 2.14. The first kappa shape index (κ1) is 22.8. The number of rotatable bonds is 8. The van der Waals surface area contributed by atoms with Crippen LogP contribution >= 0.6 is 0 Å². The molecule has 8 nitrogen and oxygen atoms in total. The van der Waals surface area contributed by atoms with Crippen LogP contribution in [0.2, 0.25) is 0 Å². The molecule has 2 aromatic rings. The highest BCUT2D eigenvalue weighted by atomic mass is 19.1. The van der Waals surface area contributed by atoms with E-state index in [1.54, 1.807) is 0 Å². The number of hydrogen-bond donors (Lipinski definition) is 2. The predicted octanol–water partition coefficient (Wildman–Crippen LogP) is 2.03. The molecular formula is C23H32FN5O3. The first-order chi connectivity index (χ1) is 15.5. The number of aliphatic hydroxyl groups excluding tert-OH is 1. The molecule has 1 amide bonds. The monoisotopic (exact) mass is 445 g/mol. The molecule has 2 aliphatic heterocycles. The number of piperazine rings is 1. The summed E-state index contributed by atoms with van der Waals surface area (Å²) in [5, 5.41) is 13.1. The van der Waals surface area contributed by atoms with Crippen LogP contribution in [0, 0.1) is 5.82 Å². The van der Waals surface area contributed by atoms with Gasteiger partial charge in [-0.1, -0.05) is 6.42 Å². The molecule has 1 aromatic heterocycles. The van der Waals surface area contributed by atoms with Gasteiger partial charge in [0.15, 0.2) is 5.69 Å². The van der Waals surface area contributed by atoms with Gasteiger partial charge in [-0.05, 0) is 50.2 Å². The largest absolute Gasteiger partial charge is 0.447 e. The zero-order chi connectivity index (χ0) is 22.3. The van der Waals surface area contributed by atoms with E-state index < -0.39 is 0 Å². The fourth-order valence-corrected chi connectivity index (χ4v) is 4.33. The molecule has 9 heteroatoms. The van der Waals surface area contributed by atoms with E-state index in [1.807, 2.05) is 0 Å². The van der Waals surface area contributed by atoms with Gasteiger partial charge in [0.1, 0.15) is 12.1 Å². The summed E-state index contributed by atoms with van der Waals surface area (Å²) in [6, 6.07) is 5.57. The van der Waals surface area contributed by atoms with Gasteiger partial charge < -0.3 is 19.7 Å². The molecule has 4 rings (SSSR count). The van der Waals surface area contributed by atoms with Crippen LogP contribution in [0.4, 0.5) is 10.1 Å². The maximum Gasteiger partial charge on any atom is 0.277 e. The highest BCUT2D eigenvalue weighted by Gasteiger charge is 2.23. The van der Waals surface area contributed by atoms with Crippen molar-refractivity contribution in [2.24, 2.45) is 0 Å². The van der Waals surface area contributed by atoms with Gasteiger partial charge in [-0.3, -0.25) is 14.6 Å². The average Bonchev–Trinajstić information content (AvgIpc) is 3.26. The topological polar surface area (TPSA) is 85.1 Å². The van der Waals surface area contributed by atoms with Crippen LogP contribution in [-0.2, 0) is 6.54 Å². The summed E-state index contributed by atoms with van der Waals surface area (Å²) < 4.78 is 18.5. The lowest BCUT2D eigenvalue weighted by atomic mass is 10.1. The molecule has 1 aromatic carbocycles. The number of β-amino-alcohol motifs (C(OH)–C–C–N with tert-alkyl or cyclic N) is 1. The molecule has 0 radical (unpaired) electrons. The number of carbonyl (C=O) groups excluding carboxylic acids is 1. The van der Waals surface area contributed by atoms with E-state index in [-0.39, 0.29) is 23.5 Å². The van der Waals surface area contributed by atoms with E-state index in [1.165, 1.54) is 49.8 Å². The second kappa shape index (κ2) is 11.0. The Morgan fingerprint density at radius 2 is 1.62 bits per heavy atom. The van der Waals surface area contributed by atoms with Gasteiger partial charge in [0.25, 0.3) is 5.91 Å². The smallest absolute Gasteiger partial charge is 0.277 e. The second-order valence-electron chi connectivity index (χ2n) is 8.68. The fraction of sp³-hybridized carbons (Fsp3) is 0.565. The fourth-order valence-electron chi connectivity index (χ4n) is 4.33. The van der Waals surface area contributed by atoms with Crippen LogP contribution in [0.1, 0.15) is 35.6 Å². The first-order valence-electron chi connectivity index (χ1n) is 11.4. The van der Waals surface area contributed by atoms with Crippen molar-refractivity contribution in [2.45, 2.75) is 31.9 Å². The molecule has 3 heterocycles. The van der Waals surface area contributed by atoms with Crippen LogP contribution in [-0.4, -0.2) is 89.2 Å². The lowest BCUT2D eigenvalue weighted by molar-refractivity contribution is 0.0434. The molecule has 0 aliphatic carbocycles. The second-order valence-corrected chi connectivity index (χ2v) is 8.68. The Morgan fingerprint density at radius 1 is 1.00 bits per heavy atom. The van der Waals surface area contributed by atoms with Gasteiger partial charge in [-0.25, -0.2) is 9.37 Å². The summed E-state index contributed by atoms with van der Waals surface area (Å²) in [7, 11) is 0. The number of oxazole rings is 1. The third kappa shape index (κ3) is 6.59. The number of amides is 1. The minimum atomic E-state index is -0.390. The number of carbonyl (C=O) groups is 1. The molecule has 2 N–H and O–H groups in total. The van der Waals surface area contributed by atoms with Gasteiger partial charge in [-0.2, -0.15) is 0 Å². The van der Waals surface area contributed by atoms with Gasteiger partial charge in [0.05, 0.1) is 12.6 Å². The molecule has 32 heavy (non-hydrogen) atoms. The van der Waals surface area contributed by atoms with Crippen molar-refractivity contribution in [2.75, 3.05) is 57.7 Å². The summed E-state index contributed by atoms with van der Waals surface area (Å²) in [6.45, 7) is 7.69. The SMILES string of the molecule is O=C(Nc1ccc(F)cc1)c1coc(CN2CCN(CC(O)CN3CCCCC3)CC2)n1. The van der Waals surface area contributed by atoms with Crippen LogP contribution in [0.25, 0.3) is 0 Å². The van der Waals surface area contributed by atoms with Gasteiger partial charge in [0, 0.05) is 45.0 Å². The van der Waals surface area contributed by atoms with Crippen molar-refractivity contribution in [1.29, 1.82) is 0 Å². The zero-order valence-corrected chi connectivity index (χ0v) is 18.4. The standard InChI is InChI=1S/C23H32FN5O3/c24-18-4-6-19(7-5-18)25-23(31)21-17-32-22(26-21)16-29-12-10-28(11-13-29)15-20(30)14-27-8-2-1-3-9-27/h4-7,17,20,30H,1-3,8-16H2,(H,25,31). The van der Waals surface area contributed by atoms with Gasteiger partial charge in [0.2, 0.25) is 5.89 Å². The molecule has 174 valence electrons. The van der Waals surface area contributed by atoms with Crippen molar-refractivity contribution in [3.05, 3.63) is 47.9 Å². The van der Waals surface area contributed by atoms with Crippen LogP contribution in [0.3, 0.4) is 0 Å². The Morgan fingerprint density at radius 3 is 2.31 bits per heavy atom. The molecule has 2 fully saturated rings. The maximum absolute atomic E-state index is 13.0. The third-order valence-electron chi connectivity index (χ3n) is 6.10.